The molecular weight excluding hydrogens is 321 g/mol. The molecule has 1 atom stereocenters. The lowest BCUT2D eigenvalue weighted by molar-refractivity contribution is -0.138. The lowest BCUT2D eigenvalue weighted by Gasteiger charge is -2.23. The highest BCUT2D eigenvalue weighted by Crippen LogP contribution is 2.37. The van der Waals surface area contributed by atoms with Gasteiger partial charge in [-0.1, -0.05) is 71.0 Å². The van der Waals surface area contributed by atoms with Crippen LogP contribution in [0.1, 0.15) is 80.2 Å². The maximum atomic E-state index is 13.3. The van der Waals surface area contributed by atoms with Crippen molar-refractivity contribution in [2.45, 2.75) is 65.0 Å². The Morgan fingerprint density at radius 2 is 1.36 bits per heavy atom. The molecule has 0 fully saturated rings. The van der Waals surface area contributed by atoms with Gasteiger partial charge in [0.1, 0.15) is 0 Å². The molecule has 136 valence electrons. The highest BCUT2D eigenvalue weighted by atomic mass is 19.4. The van der Waals surface area contributed by atoms with Crippen LogP contribution in [0.5, 0.6) is 0 Å². The number of halogens is 3. The van der Waals surface area contributed by atoms with Crippen molar-refractivity contribution < 1.29 is 13.2 Å². The van der Waals surface area contributed by atoms with E-state index in [1.54, 1.807) is 12.1 Å². The van der Waals surface area contributed by atoms with Gasteiger partial charge < -0.3 is 0 Å². The Balaban J connectivity index is 2.43. The van der Waals surface area contributed by atoms with Gasteiger partial charge in [0.25, 0.3) is 0 Å². The van der Waals surface area contributed by atoms with E-state index < -0.39 is 11.7 Å². The summed E-state index contributed by atoms with van der Waals surface area (Å²) in [5, 5.41) is 0. The van der Waals surface area contributed by atoms with E-state index in [1.807, 2.05) is 13.0 Å². The van der Waals surface area contributed by atoms with Crippen LogP contribution >= 0.6 is 0 Å². The van der Waals surface area contributed by atoms with Crippen LogP contribution < -0.4 is 0 Å². The minimum absolute atomic E-state index is 0.197. The largest absolute Gasteiger partial charge is 0.416 e. The van der Waals surface area contributed by atoms with Crippen LogP contribution in [0.4, 0.5) is 13.2 Å². The minimum atomic E-state index is -4.31. The predicted octanol–water partition coefficient (Wildman–Crippen LogP) is 7.30. The molecule has 0 heterocycles. The molecule has 0 nitrogen and oxygen atoms in total. The maximum absolute atomic E-state index is 13.3. The monoisotopic (exact) mass is 348 g/mol. The Bertz CT molecular complexity index is 711. The van der Waals surface area contributed by atoms with Gasteiger partial charge in [0.05, 0.1) is 5.56 Å². The van der Waals surface area contributed by atoms with E-state index in [4.69, 9.17) is 0 Å². The summed E-state index contributed by atoms with van der Waals surface area (Å²) in [6.45, 7) is 10.5. The molecule has 0 amide bonds. The van der Waals surface area contributed by atoms with Crippen LogP contribution in [-0.2, 0) is 12.6 Å². The van der Waals surface area contributed by atoms with Gasteiger partial charge in [-0.05, 0) is 52.5 Å². The normalized spacial score (nSPS) is 13.5. The first-order valence-electron chi connectivity index (χ1n) is 8.90. The molecule has 0 aliphatic rings. The Morgan fingerprint density at radius 3 is 1.92 bits per heavy atom. The Hall–Kier alpha value is -1.77. The van der Waals surface area contributed by atoms with Crippen molar-refractivity contribution in [2.24, 2.45) is 0 Å². The molecule has 0 aliphatic heterocycles. The summed E-state index contributed by atoms with van der Waals surface area (Å²) in [5.74, 6) is 0.548. The highest BCUT2D eigenvalue weighted by molar-refractivity contribution is 5.41. The Kier molecular flexibility index (Phi) is 5.97. The number of hydrogen-bond acceptors (Lipinski definition) is 0. The molecular formula is C22H27F3. The average molecular weight is 348 g/mol. The summed E-state index contributed by atoms with van der Waals surface area (Å²) in [7, 11) is 0. The quantitative estimate of drug-likeness (QED) is 0.532. The van der Waals surface area contributed by atoms with Crippen LogP contribution in [-0.4, -0.2) is 0 Å². The van der Waals surface area contributed by atoms with Crippen LogP contribution in [0.3, 0.4) is 0 Å². The molecule has 25 heavy (non-hydrogen) atoms. The van der Waals surface area contributed by atoms with Crippen molar-refractivity contribution in [1.82, 2.24) is 0 Å². The number of hydrogen-bond donors (Lipinski definition) is 0. The smallest absolute Gasteiger partial charge is 0.166 e. The van der Waals surface area contributed by atoms with Crippen molar-refractivity contribution in [3.63, 3.8) is 0 Å². The topological polar surface area (TPSA) is 0 Å². The van der Waals surface area contributed by atoms with E-state index in [1.165, 1.54) is 23.3 Å². The third kappa shape index (κ3) is 4.45. The van der Waals surface area contributed by atoms with E-state index in [0.29, 0.717) is 23.8 Å². The molecule has 0 aromatic heterocycles. The molecule has 2 aromatic rings. The maximum Gasteiger partial charge on any atom is 0.416 e. The number of rotatable bonds is 5. The molecule has 1 unspecified atom stereocenters. The fourth-order valence-electron chi connectivity index (χ4n) is 3.64. The van der Waals surface area contributed by atoms with Gasteiger partial charge >= 0.3 is 6.18 Å². The van der Waals surface area contributed by atoms with Crippen LogP contribution in [0, 0.1) is 0 Å². The standard InChI is InChI=1S/C22H27F3/c1-14(2)18-11-8-9-17(21(18)15(3)4)13-16(5)19-10-6-7-12-20(19)22(23,24)25/h6-12,14-16H,13H2,1-5H3. The average Bonchev–Trinajstić information content (AvgIpc) is 2.53. The third-order valence-electron chi connectivity index (χ3n) is 4.75. The first-order valence-corrected chi connectivity index (χ1v) is 8.90. The Labute approximate surface area is 149 Å². The lowest BCUT2D eigenvalue weighted by atomic mass is 9.82. The van der Waals surface area contributed by atoms with E-state index >= 15 is 0 Å². The molecule has 0 bridgehead atoms. The van der Waals surface area contributed by atoms with E-state index in [9.17, 15) is 13.2 Å². The van der Waals surface area contributed by atoms with Gasteiger partial charge in [-0.2, -0.15) is 13.2 Å². The second-order valence-corrected chi connectivity index (χ2v) is 7.42. The van der Waals surface area contributed by atoms with Crippen LogP contribution in [0.2, 0.25) is 0 Å². The molecule has 0 saturated carbocycles. The van der Waals surface area contributed by atoms with Crippen molar-refractivity contribution in [3.05, 3.63) is 70.3 Å². The minimum Gasteiger partial charge on any atom is -0.166 e. The lowest BCUT2D eigenvalue weighted by Crippen LogP contribution is -2.13. The van der Waals surface area contributed by atoms with E-state index in [-0.39, 0.29) is 5.92 Å². The van der Waals surface area contributed by atoms with Gasteiger partial charge in [0.15, 0.2) is 0 Å². The first-order chi connectivity index (χ1) is 11.6. The van der Waals surface area contributed by atoms with Crippen molar-refractivity contribution in [3.8, 4) is 0 Å². The SMILES string of the molecule is CC(C)c1cccc(CC(C)c2ccccc2C(F)(F)F)c1C(C)C. The summed E-state index contributed by atoms with van der Waals surface area (Å²) in [4.78, 5) is 0. The zero-order chi connectivity index (χ0) is 18.8. The number of benzene rings is 2. The van der Waals surface area contributed by atoms with Crippen molar-refractivity contribution in [1.29, 1.82) is 0 Å². The van der Waals surface area contributed by atoms with Gasteiger partial charge in [0, 0.05) is 0 Å². The van der Waals surface area contributed by atoms with Crippen molar-refractivity contribution in [2.75, 3.05) is 0 Å². The highest BCUT2D eigenvalue weighted by Gasteiger charge is 2.34. The third-order valence-corrected chi connectivity index (χ3v) is 4.75. The first kappa shape index (κ1) is 19.6. The zero-order valence-electron chi connectivity index (χ0n) is 15.6. The molecule has 2 aromatic carbocycles. The van der Waals surface area contributed by atoms with Gasteiger partial charge in [0.2, 0.25) is 0 Å². The zero-order valence-corrected chi connectivity index (χ0v) is 15.6. The molecule has 3 heteroatoms. The van der Waals surface area contributed by atoms with Crippen LogP contribution in [0.15, 0.2) is 42.5 Å². The second kappa shape index (κ2) is 7.63. The summed E-state index contributed by atoms with van der Waals surface area (Å²) in [5.41, 5.74) is 3.59. The van der Waals surface area contributed by atoms with E-state index in [0.717, 1.165) is 5.56 Å². The summed E-state index contributed by atoms with van der Waals surface area (Å²) >= 11 is 0. The Morgan fingerprint density at radius 1 is 0.760 bits per heavy atom. The fourth-order valence-corrected chi connectivity index (χ4v) is 3.64. The van der Waals surface area contributed by atoms with Crippen molar-refractivity contribution >= 4 is 0 Å². The summed E-state index contributed by atoms with van der Waals surface area (Å²) in [6, 6.07) is 12.2. The summed E-state index contributed by atoms with van der Waals surface area (Å²) in [6.07, 6.45) is -3.70. The predicted molar refractivity (Wildman–Crippen MR) is 98.2 cm³/mol. The second-order valence-electron chi connectivity index (χ2n) is 7.42. The number of alkyl halides is 3. The van der Waals surface area contributed by atoms with Gasteiger partial charge in [-0.25, -0.2) is 0 Å². The van der Waals surface area contributed by atoms with Gasteiger partial charge in [-0.3, -0.25) is 0 Å². The molecule has 0 saturated heterocycles. The summed E-state index contributed by atoms with van der Waals surface area (Å²) < 4.78 is 40.0. The molecule has 0 aliphatic carbocycles. The van der Waals surface area contributed by atoms with E-state index in [2.05, 4.69) is 39.8 Å². The molecule has 2 rings (SSSR count). The van der Waals surface area contributed by atoms with Gasteiger partial charge in [-0.15, -0.1) is 0 Å². The molecule has 0 spiro atoms. The molecule has 0 radical (unpaired) electrons. The van der Waals surface area contributed by atoms with Crippen LogP contribution in [0.25, 0.3) is 0 Å². The molecule has 0 N–H and O–H groups in total. The fraction of sp³-hybridized carbons (Fsp3) is 0.455.